The zero-order valence-corrected chi connectivity index (χ0v) is 11.6. The smallest absolute Gasteiger partial charge is 0.0457 e. The summed E-state index contributed by atoms with van der Waals surface area (Å²) in [5.74, 6) is 0.840. The van der Waals surface area contributed by atoms with Crippen LogP contribution < -0.4 is 10.6 Å². The Hall–Kier alpha value is -1.32. The van der Waals surface area contributed by atoms with Crippen molar-refractivity contribution in [2.75, 3.05) is 20.1 Å². The van der Waals surface area contributed by atoms with Crippen LogP contribution in [0.2, 0.25) is 0 Å². The number of piperidine rings is 1. The molecule has 2 aromatic rings. The van der Waals surface area contributed by atoms with Crippen LogP contribution in [-0.4, -0.2) is 25.1 Å². The van der Waals surface area contributed by atoms with Gasteiger partial charge in [-0.05, 0) is 56.9 Å². The van der Waals surface area contributed by atoms with Crippen LogP contribution in [0.3, 0.4) is 0 Å². The number of para-hydroxylation sites is 1. The van der Waals surface area contributed by atoms with E-state index in [9.17, 15) is 0 Å². The highest BCUT2D eigenvalue weighted by molar-refractivity contribution is 5.83. The van der Waals surface area contributed by atoms with Crippen LogP contribution >= 0.6 is 0 Å². The molecule has 1 aromatic heterocycles. The van der Waals surface area contributed by atoms with Gasteiger partial charge in [-0.2, -0.15) is 0 Å². The van der Waals surface area contributed by atoms with Gasteiger partial charge in [0.2, 0.25) is 0 Å². The third-order valence-corrected chi connectivity index (χ3v) is 4.37. The molecule has 1 aliphatic heterocycles. The second-order valence-corrected chi connectivity index (χ2v) is 5.56. The SMILES string of the molecule is CNC(CC1CCNCC1)c1c[nH]c2ccccc12. The molecule has 1 fully saturated rings. The molecule has 2 heterocycles. The molecule has 0 aliphatic carbocycles. The molecular formula is C16H23N3. The van der Waals surface area contributed by atoms with Crippen LogP contribution in [0.25, 0.3) is 10.9 Å². The minimum Gasteiger partial charge on any atom is -0.361 e. The molecule has 3 heteroatoms. The maximum absolute atomic E-state index is 3.50. The minimum atomic E-state index is 0.458. The summed E-state index contributed by atoms with van der Waals surface area (Å²) < 4.78 is 0. The van der Waals surface area contributed by atoms with Gasteiger partial charge >= 0.3 is 0 Å². The van der Waals surface area contributed by atoms with E-state index in [1.165, 1.54) is 48.8 Å². The van der Waals surface area contributed by atoms with Gasteiger partial charge < -0.3 is 15.6 Å². The first-order chi connectivity index (χ1) is 9.38. The number of hydrogen-bond donors (Lipinski definition) is 3. The maximum Gasteiger partial charge on any atom is 0.0457 e. The van der Waals surface area contributed by atoms with Crippen molar-refractivity contribution in [2.45, 2.75) is 25.3 Å². The van der Waals surface area contributed by atoms with Crippen LogP contribution in [0.15, 0.2) is 30.5 Å². The number of nitrogens with one attached hydrogen (secondary N) is 3. The molecule has 0 amide bonds. The van der Waals surface area contributed by atoms with Gasteiger partial charge in [-0.1, -0.05) is 18.2 Å². The van der Waals surface area contributed by atoms with E-state index in [0.29, 0.717) is 6.04 Å². The first-order valence-corrected chi connectivity index (χ1v) is 7.32. The Morgan fingerprint density at radius 1 is 1.26 bits per heavy atom. The summed E-state index contributed by atoms with van der Waals surface area (Å²) in [4.78, 5) is 3.39. The zero-order valence-electron chi connectivity index (χ0n) is 11.6. The van der Waals surface area contributed by atoms with Gasteiger partial charge in [-0.25, -0.2) is 0 Å². The van der Waals surface area contributed by atoms with E-state index in [-0.39, 0.29) is 0 Å². The van der Waals surface area contributed by atoms with Crippen LogP contribution in [0.5, 0.6) is 0 Å². The minimum absolute atomic E-state index is 0.458. The van der Waals surface area contributed by atoms with Crippen molar-refractivity contribution < 1.29 is 0 Å². The summed E-state index contributed by atoms with van der Waals surface area (Å²) in [6, 6.07) is 9.03. The van der Waals surface area contributed by atoms with Crippen LogP contribution in [0, 0.1) is 5.92 Å². The van der Waals surface area contributed by atoms with E-state index in [4.69, 9.17) is 0 Å². The van der Waals surface area contributed by atoms with Crippen molar-refractivity contribution in [1.82, 2.24) is 15.6 Å². The molecule has 3 N–H and O–H groups in total. The van der Waals surface area contributed by atoms with Crippen molar-refractivity contribution in [3.8, 4) is 0 Å². The number of fused-ring (bicyclic) bond motifs is 1. The fourth-order valence-corrected chi connectivity index (χ4v) is 3.23. The van der Waals surface area contributed by atoms with E-state index >= 15 is 0 Å². The van der Waals surface area contributed by atoms with Gasteiger partial charge in [-0.15, -0.1) is 0 Å². The van der Waals surface area contributed by atoms with Crippen molar-refractivity contribution in [3.63, 3.8) is 0 Å². The summed E-state index contributed by atoms with van der Waals surface area (Å²) in [5.41, 5.74) is 2.65. The Morgan fingerprint density at radius 2 is 2.05 bits per heavy atom. The van der Waals surface area contributed by atoms with E-state index in [2.05, 4.69) is 53.1 Å². The quantitative estimate of drug-likeness (QED) is 0.788. The third kappa shape index (κ3) is 2.67. The van der Waals surface area contributed by atoms with Crippen LogP contribution in [-0.2, 0) is 0 Å². The normalized spacial score (nSPS) is 18.8. The molecule has 19 heavy (non-hydrogen) atoms. The van der Waals surface area contributed by atoms with E-state index in [1.54, 1.807) is 0 Å². The standard InChI is InChI=1S/C16H23N3/c1-17-16(10-12-6-8-18-9-7-12)14-11-19-15-5-3-2-4-13(14)15/h2-5,11-12,16-19H,6-10H2,1H3. The molecule has 1 aromatic carbocycles. The zero-order chi connectivity index (χ0) is 13.1. The topological polar surface area (TPSA) is 39.8 Å². The molecule has 0 spiro atoms. The highest BCUT2D eigenvalue weighted by Gasteiger charge is 2.20. The third-order valence-electron chi connectivity index (χ3n) is 4.37. The van der Waals surface area contributed by atoms with Gasteiger partial charge in [0.1, 0.15) is 0 Å². The molecule has 0 bridgehead atoms. The summed E-state index contributed by atoms with van der Waals surface area (Å²) in [6.45, 7) is 2.35. The summed E-state index contributed by atoms with van der Waals surface area (Å²) in [6.07, 6.45) is 6.02. The molecule has 1 saturated heterocycles. The van der Waals surface area contributed by atoms with E-state index < -0.39 is 0 Å². The molecule has 1 unspecified atom stereocenters. The van der Waals surface area contributed by atoms with Crippen LogP contribution in [0.1, 0.15) is 30.9 Å². The van der Waals surface area contributed by atoms with E-state index in [1.807, 2.05) is 0 Å². The van der Waals surface area contributed by atoms with Crippen molar-refractivity contribution in [3.05, 3.63) is 36.0 Å². The highest BCUT2D eigenvalue weighted by atomic mass is 14.9. The molecule has 0 saturated carbocycles. The summed E-state index contributed by atoms with van der Waals surface area (Å²) in [5, 5.41) is 8.30. The first kappa shape index (κ1) is 12.7. The Balaban J connectivity index is 1.81. The number of hydrogen-bond acceptors (Lipinski definition) is 2. The average Bonchev–Trinajstić information content (AvgIpc) is 2.90. The molecule has 1 atom stereocenters. The van der Waals surface area contributed by atoms with Crippen molar-refractivity contribution in [1.29, 1.82) is 0 Å². The Morgan fingerprint density at radius 3 is 2.84 bits per heavy atom. The second-order valence-electron chi connectivity index (χ2n) is 5.56. The molecule has 0 radical (unpaired) electrons. The molecular weight excluding hydrogens is 234 g/mol. The summed E-state index contributed by atoms with van der Waals surface area (Å²) >= 11 is 0. The van der Waals surface area contributed by atoms with Gasteiger partial charge in [-0.3, -0.25) is 0 Å². The lowest BCUT2D eigenvalue weighted by molar-refractivity contribution is 0.319. The monoisotopic (exact) mass is 257 g/mol. The lowest BCUT2D eigenvalue weighted by Gasteiger charge is -2.27. The molecule has 102 valence electrons. The van der Waals surface area contributed by atoms with Gasteiger partial charge in [0, 0.05) is 23.1 Å². The largest absolute Gasteiger partial charge is 0.361 e. The predicted octanol–water partition coefficient (Wildman–Crippen LogP) is 2.82. The van der Waals surface area contributed by atoms with Crippen molar-refractivity contribution in [2.24, 2.45) is 5.92 Å². The Labute approximate surface area is 114 Å². The lowest BCUT2D eigenvalue weighted by Crippen LogP contribution is -2.30. The Bertz CT molecular complexity index is 526. The number of benzene rings is 1. The number of aromatic amines is 1. The highest BCUT2D eigenvalue weighted by Crippen LogP contribution is 2.30. The maximum atomic E-state index is 3.50. The molecule has 3 rings (SSSR count). The lowest BCUT2D eigenvalue weighted by atomic mass is 9.88. The predicted molar refractivity (Wildman–Crippen MR) is 80.3 cm³/mol. The number of H-pyrrole nitrogens is 1. The van der Waals surface area contributed by atoms with Gasteiger partial charge in [0.05, 0.1) is 0 Å². The fourth-order valence-electron chi connectivity index (χ4n) is 3.23. The molecule has 1 aliphatic rings. The second kappa shape index (κ2) is 5.76. The van der Waals surface area contributed by atoms with Gasteiger partial charge in [0.15, 0.2) is 0 Å². The van der Waals surface area contributed by atoms with E-state index in [0.717, 1.165) is 5.92 Å². The fraction of sp³-hybridized carbons (Fsp3) is 0.500. The summed E-state index contributed by atoms with van der Waals surface area (Å²) in [7, 11) is 2.08. The average molecular weight is 257 g/mol. The first-order valence-electron chi connectivity index (χ1n) is 7.32. The molecule has 3 nitrogen and oxygen atoms in total. The number of aromatic nitrogens is 1. The number of rotatable bonds is 4. The van der Waals surface area contributed by atoms with Crippen molar-refractivity contribution >= 4 is 10.9 Å². The Kier molecular flexibility index (Phi) is 3.85. The van der Waals surface area contributed by atoms with Crippen LogP contribution in [0.4, 0.5) is 0 Å². The van der Waals surface area contributed by atoms with Gasteiger partial charge in [0.25, 0.3) is 0 Å².